The fourth-order valence-corrected chi connectivity index (χ4v) is 2.54. The SMILES string of the molecule is CN1CCN=C1N1CCN(c2ccccn2)CC1. The van der Waals surface area contributed by atoms with Crippen molar-refractivity contribution >= 4 is 11.8 Å². The van der Waals surface area contributed by atoms with Crippen LogP contribution in [0.15, 0.2) is 29.4 Å². The van der Waals surface area contributed by atoms with Crippen LogP contribution >= 0.6 is 0 Å². The van der Waals surface area contributed by atoms with E-state index >= 15 is 0 Å². The van der Waals surface area contributed by atoms with Crippen molar-refractivity contribution in [1.82, 2.24) is 14.8 Å². The fourth-order valence-electron chi connectivity index (χ4n) is 2.54. The summed E-state index contributed by atoms with van der Waals surface area (Å²) in [5.74, 6) is 2.24. The summed E-state index contributed by atoms with van der Waals surface area (Å²) < 4.78 is 0. The maximum Gasteiger partial charge on any atom is 0.196 e. The molecule has 0 radical (unpaired) electrons. The van der Waals surface area contributed by atoms with E-state index in [0.29, 0.717) is 0 Å². The number of nitrogens with zero attached hydrogens (tertiary/aromatic N) is 5. The average molecular weight is 245 g/mol. The van der Waals surface area contributed by atoms with E-state index < -0.39 is 0 Å². The van der Waals surface area contributed by atoms with Gasteiger partial charge in [0, 0.05) is 46.0 Å². The highest BCUT2D eigenvalue weighted by Gasteiger charge is 2.24. The second-order valence-corrected chi connectivity index (χ2v) is 4.77. The van der Waals surface area contributed by atoms with Crippen LogP contribution in [-0.4, -0.2) is 67.1 Å². The van der Waals surface area contributed by atoms with Gasteiger partial charge in [0.1, 0.15) is 5.82 Å². The molecule has 1 aromatic rings. The Balaban J connectivity index is 1.62. The molecule has 2 aliphatic rings. The first-order valence-corrected chi connectivity index (χ1v) is 6.51. The number of aromatic nitrogens is 1. The number of pyridine rings is 1. The van der Waals surface area contributed by atoms with Crippen molar-refractivity contribution in [3.63, 3.8) is 0 Å². The maximum atomic E-state index is 4.57. The van der Waals surface area contributed by atoms with Gasteiger partial charge in [0.2, 0.25) is 0 Å². The van der Waals surface area contributed by atoms with Crippen molar-refractivity contribution < 1.29 is 0 Å². The third-order valence-corrected chi connectivity index (χ3v) is 3.57. The highest BCUT2D eigenvalue weighted by atomic mass is 15.4. The number of likely N-dealkylation sites (N-methyl/N-ethyl adjacent to an activating group) is 1. The molecule has 0 unspecified atom stereocenters. The third kappa shape index (κ3) is 2.12. The first kappa shape index (κ1) is 11.3. The van der Waals surface area contributed by atoms with Crippen LogP contribution in [0.25, 0.3) is 0 Å². The highest BCUT2D eigenvalue weighted by Crippen LogP contribution is 2.14. The molecule has 5 nitrogen and oxygen atoms in total. The second kappa shape index (κ2) is 4.84. The van der Waals surface area contributed by atoms with Crippen LogP contribution in [0.5, 0.6) is 0 Å². The van der Waals surface area contributed by atoms with Gasteiger partial charge in [-0.25, -0.2) is 4.98 Å². The minimum absolute atomic E-state index is 0.937. The molecule has 5 heteroatoms. The Morgan fingerprint density at radius 2 is 1.78 bits per heavy atom. The van der Waals surface area contributed by atoms with Gasteiger partial charge in [-0.05, 0) is 12.1 Å². The summed E-state index contributed by atoms with van der Waals surface area (Å²) >= 11 is 0. The van der Waals surface area contributed by atoms with Gasteiger partial charge in [0.25, 0.3) is 0 Å². The lowest BCUT2D eigenvalue weighted by Gasteiger charge is -2.37. The van der Waals surface area contributed by atoms with Crippen molar-refractivity contribution in [3.05, 3.63) is 24.4 Å². The van der Waals surface area contributed by atoms with Gasteiger partial charge >= 0.3 is 0 Å². The first-order valence-electron chi connectivity index (χ1n) is 6.51. The average Bonchev–Trinajstić information content (AvgIpc) is 2.86. The van der Waals surface area contributed by atoms with Crippen molar-refractivity contribution in [3.8, 4) is 0 Å². The van der Waals surface area contributed by atoms with Gasteiger partial charge in [0.15, 0.2) is 5.96 Å². The van der Waals surface area contributed by atoms with E-state index in [1.807, 2.05) is 18.3 Å². The van der Waals surface area contributed by atoms with E-state index in [9.17, 15) is 0 Å². The van der Waals surface area contributed by atoms with Crippen LogP contribution in [0.1, 0.15) is 0 Å². The summed E-state index contributed by atoms with van der Waals surface area (Å²) in [6, 6.07) is 6.08. The van der Waals surface area contributed by atoms with Gasteiger partial charge in [-0.1, -0.05) is 6.07 Å². The van der Waals surface area contributed by atoms with Crippen LogP contribution in [0, 0.1) is 0 Å². The molecule has 96 valence electrons. The molecular formula is C13H19N5. The van der Waals surface area contributed by atoms with E-state index in [1.54, 1.807) is 0 Å². The predicted octanol–water partition coefficient (Wildman–Crippen LogP) is 0.505. The number of rotatable bonds is 1. The molecule has 1 aromatic heterocycles. The molecule has 18 heavy (non-hydrogen) atoms. The zero-order valence-corrected chi connectivity index (χ0v) is 10.8. The standard InChI is InChI=1S/C13H19N5/c1-16-7-6-15-13(16)18-10-8-17(9-11-18)12-4-2-3-5-14-12/h2-5H,6-11H2,1H3. The summed E-state index contributed by atoms with van der Waals surface area (Å²) in [5, 5.41) is 0. The number of hydrogen-bond donors (Lipinski definition) is 0. The third-order valence-electron chi connectivity index (χ3n) is 3.57. The minimum Gasteiger partial charge on any atom is -0.353 e. The number of hydrogen-bond acceptors (Lipinski definition) is 5. The van der Waals surface area contributed by atoms with E-state index in [2.05, 4.69) is 37.8 Å². The monoisotopic (exact) mass is 245 g/mol. The molecule has 0 atom stereocenters. The summed E-state index contributed by atoms with van der Waals surface area (Å²) in [5.41, 5.74) is 0. The Bertz CT molecular complexity index is 422. The number of piperazine rings is 1. The smallest absolute Gasteiger partial charge is 0.196 e. The molecule has 0 aromatic carbocycles. The highest BCUT2D eigenvalue weighted by molar-refractivity contribution is 5.81. The minimum atomic E-state index is 0.937. The van der Waals surface area contributed by atoms with E-state index in [4.69, 9.17) is 0 Å². The Kier molecular flexibility index (Phi) is 3.04. The van der Waals surface area contributed by atoms with E-state index in [-0.39, 0.29) is 0 Å². The van der Waals surface area contributed by atoms with Crippen molar-refractivity contribution in [1.29, 1.82) is 0 Å². The van der Waals surface area contributed by atoms with Gasteiger partial charge in [0.05, 0.1) is 6.54 Å². The molecule has 0 bridgehead atoms. The normalized spacial score (nSPS) is 20.3. The van der Waals surface area contributed by atoms with Crippen LogP contribution in [-0.2, 0) is 0 Å². The largest absolute Gasteiger partial charge is 0.353 e. The lowest BCUT2D eigenvalue weighted by Crippen LogP contribution is -2.51. The number of guanidine groups is 1. The molecule has 0 N–H and O–H groups in total. The van der Waals surface area contributed by atoms with Gasteiger partial charge in [-0.3, -0.25) is 4.99 Å². The maximum absolute atomic E-state index is 4.57. The quantitative estimate of drug-likeness (QED) is 0.722. The molecule has 0 saturated carbocycles. The van der Waals surface area contributed by atoms with Crippen molar-refractivity contribution in [2.75, 3.05) is 51.2 Å². The molecule has 2 aliphatic heterocycles. The van der Waals surface area contributed by atoms with Crippen LogP contribution in [0.3, 0.4) is 0 Å². The molecule has 1 fully saturated rings. The number of anilines is 1. The van der Waals surface area contributed by atoms with Crippen LogP contribution in [0.2, 0.25) is 0 Å². The zero-order valence-electron chi connectivity index (χ0n) is 10.8. The molecule has 0 aliphatic carbocycles. The summed E-state index contributed by atoms with van der Waals surface area (Å²) in [6.45, 7) is 6.08. The molecular weight excluding hydrogens is 226 g/mol. The molecule has 3 rings (SSSR count). The first-order chi connectivity index (χ1) is 8.84. The topological polar surface area (TPSA) is 35.0 Å². The van der Waals surface area contributed by atoms with Crippen LogP contribution < -0.4 is 4.90 Å². The van der Waals surface area contributed by atoms with Gasteiger partial charge in [-0.15, -0.1) is 0 Å². The molecule has 0 spiro atoms. The molecule has 3 heterocycles. The zero-order chi connectivity index (χ0) is 12.4. The fraction of sp³-hybridized carbons (Fsp3) is 0.538. The summed E-state index contributed by atoms with van der Waals surface area (Å²) in [7, 11) is 2.12. The summed E-state index contributed by atoms with van der Waals surface area (Å²) in [4.78, 5) is 15.9. The summed E-state index contributed by atoms with van der Waals surface area (Å²) in [6.07, 6.45) is 1.86. The Morgan fingerprint density at radius 3 is 2.39 bits per heavy atom. The predicted molar refractivity (Wildman–Crippen MR) is 73.0 cm³/mol. The Morgan fingerprint density at radius 1 is 1.00 bits per heavy atom. The lowest BCUT2D eigenvalue weighted by molar-refractivity contribution is 0.341. The van der Waals surface area contributed by atoms with E-state index in [0.717, 1.165) is 51.0 Å². The number of aliphatic imine (C=N–C) groups is 1. The second-order valence-electron chi connectivity index (χ2n) is 4.77. The molecule has 1 saturated heterocycles. The lowest BCUT2D eigenvalue weighted by atomic mass is 10.3. The van der Waals surface area contributed by atoms with Gasteiger partial charge < -0.3 is 14.7 Å². The van der Waals surface area contributed by atoms with Gasteiger partial charge in [-0.2, -0.15) is 0 Å². The van der Waals surface area contributed by atoms with Crippen molar-refractivity contribution in [2.45, 2.75) is 0 Å². The Hall–Kier alpha value is -1.78. The van der Waals surface area contributed by atoms with Crippen molar-refractivity contribution in [2.24, 2.45) is 4.99 Å². The van der Waals surface area contributed by atoms with E-state index in [1.165, 1.54) is 0 Å². The molecule has 0 amide bonds. The van der Waals surface area contributed by atoms with Crippen LogP contribution in [0.4, 0.5) is 5.82 Å². The Labute approximate surface area is 108 Å².